The van der Waals surface area contributed by atoms with Crippen LogP contribution in [0.25, 0.3) is 0 Å². The highest BCUT2D eigenvalue weighted by Gasteiger charge is 2.34. The van der Waals surface area contributed by atoms with Gasteiger partial charge in [0.1, 0.15) is 11.4 Å². The number of aromatic hydroxyl groups is 1. The van der Waals surface area contributed by atoms with Crippen molar-refractivity contribution in [3.05, 3.63) is 29.0 Å². The van der Waals surface area contributed by atoms with Crippen LogP contribution in [0.1, 0.15) is 278 Å². The Kier molecular flexibility index (Phi) is 27.8. The Labute approximate surface area is 377 Å². The highest BCUT2D eigenvalue weighted by Crippen LogP contribution is 2.44. The molecule has 1 aromatic heterocycles. The average Bonchev–Trinajstić information content (AvgIpc) is 3.57. The van der Waals surface area contributed by atoms with Gasteiger partial charge in [0.05, 0.1) is 5.69 Å². The summed E-state index contributed by atoms with van der Waals surface area (Å²) in [4.78, 5) is 0. The fourth-order valence-electron chi connectivity index (χ4n) is 8.77. The molecular weight excluding hydrogens is 777 g/mol. The zero-order valence-electron chi connectivity index (χ0n) is 41.1. The molecule has 9 heteroatoms. The van der Waals surface area contributed by atoms with Crippen LogP contribution < -0.4 is 4.31 Å². The topological polar surface area (TPSA) is 109 Å². The third kappa shape index (κ3) is 22.9. The maximum Gasteiger partial charge on any atom is 0.365 e. The minimum absolute atomic E-state index is 0.159. The molecule has 61 heavy (non-hydrogen) atoms. The van der Waals surface area contributed by atoms with E-state index >= 15 is 0 Å². The third-order valence-electron chi connectivity index (χ3n) is 12.6. The zero-order valence-corrected chi connectivity index (χ0v) is 41.9. The van der Waals surface area contributed by atoms with E-state index in [0.717, 1.165) is 42.8 Å². The molecule has 0 saturated carbocycles. The Bertz CT molecular complexity index is 1440. The molecule has 0 spiro atoms. The number of phenols is 1. The fraction of sp³-hybridized carbons (Fsp3) is 0.846. The maximum absolute atomic E-state index is 13.5. The van der Waals surface area contributed by atoms with E-state index in [1.807, 2.05) is 41.5 Å². The molecule has 354 valence electrons. The molecule has 0 radical (unpaired) electrons. The van der Waals surface area contributed by atoms with Gasteiger partial charge in [0, 0.05) is 17.7 Å². The predicted molar refractivity (Wildman–Crippen MR) is 262 cm³/mol. The molecule has 0 atom stereocenters. The van der Waals surface area contributed by atoms with Gasteiger partial charge in [0.15, 0.2) is 5.82 Å². The van der Waals surface area contributed by atoms with Crippen LogP contribution >= 0.6 is 0 Å². The first-order valence-electron chi connectivity index (χ1n) is 25.7. The van der Waals surface area contributed by atoms with Gasteiger partial charge in [-0.25, -0.2) is 4.68 Å². The van der Waals surface area contributed by atoms with Gasteiger partial charge in [0.2, 0.25) is 0 Å². The number of rotatable bonds is 37. The number of phenolic OH excluding ortho intramolecular Hbond substituents is 1. The smallest absolute Gasteiger partial charge is 0.365 e. The highest BCUT2D eigenvalue weighted by molar-refractivity contribution is 7.87. The number of unbranched alkanes of at least 4 members (excludes halogenated alkanes) is 30. The molecule has 1 aromatic carbocycles. The number of nitrogens with zero attached hydrogens (tertiary/aromatic N) is 4. The molecule has 0 unspecified atom stereocenters. The summed E-state index contributed by atoms with van der Waals surface area (Å²) in [5.41, 5.74) is 1.17. The molecule has 0 aliphatic rings. The molecule has 0 saturated heterocycles. The monoisotopic (exact) mass is 873 g/mol. The SMILES string of the molecule is CCCCCCCCCCCCCCCCCCc1nnn(CCCCCCCCCCCCCCCCCC)c1N(c1cc(C(C)(C)C)c(O)c(C(C)(C)C)c1)S(=O)(=O)O. The molecule has 0 fully saturated rings. The van der Waals surface area contributed by atoms with E-state index in [0.29, 0.717) is 41.3 Å². The summed E-state index contributed by atoms with van der Waals surface area (Å²) in [5.74, 6) is 0.474. The molecule has 2 rings (SSSR count). The second-order valence-corrected chi connectivity index (χ2v) is 21.8. The summed E-state index contributed by atoms with van der Waals surface area (Å²) in [6, 6.07) is 3.42. The van der Waals surface area contributed by atoms with Crippen LogP contribution in [-0.2, 0) is 34.1 Å². The van der Waals surface area contributed by atoms with E-state index in [-0.39, 0.29) is 5.75 Å². The Morgan fingerprint density at radius 3 is 1.15 bits per heavy atom. The standard InChI is InChI=1S/C52H96N4O4S/c1-9-11-13-15-17-19-21-23-25-27-29-31-33-35-37-39-41-48-50(56(61(58,59)60)45-43-46(51(3,4)5)49(57)47(44-45)52(6,7)8)55(54-53-48)42-40-38-36-34-32-30-28-26-24-22-20-18-16-14-12-10-2/h43-44,57H,9-42H2,1-8H3,(H,58,59,60). The Balaban J connectivity index is 2.03. The summed E-state index contributed by atoms with van der Waals surface area (Å²) in [6.45, 7) is 17.1. The molecule has 0 amide bonds. The number of benzene rings is 1. The highest BCUT2D eigenvalue weighted by atomic mass is 32.2. The number of aryl methyl sites for hydroxylation is 2. The zero-order chi connectivity index (χ0) is 45.0. The quantitative estimate of drug-likeness (QED) is 0.0517. The van der Waals surface area contributed by atoms with Gasteiger partial charge in [-0.2, -0.15) is 12.7 Å². The van der Waals surface area contributed by atoms with Crippen LogP contribution in [-0.4, -0.2) is 33.1 Å². The molecular formula is C52H96N4O4S. The summed E-state index contributed by atoms with van der Waals surface area (Å²) in [7, 11) is -4.79. The minimum atomic E-state index is -4.79. The van der Waals surface area contributed by atoms with E-state index < -0.39 is 21.1 Å². The van der Waals surface area contributed by atoms with Crippen LogP contribution in [0.2, 0.25) is 0 Å². The second-order valence-electron chi connectivity index (χ2n) is 20.6. The first-order chi connectivity index (χ1) is 29.1. The van der Waals surface area contributed by atoms with Crippen molar-refractivity contribution < 1.29 is 18.1 Å². The lowest BCUT2D eigenvalue weighted by Gasteiger charge is -2.31. The maximum atomic E-state index is 13.5. The summed E-state index contributed by atoms with van der Waals surface area (Å²) < 4.78 is 40.8. The van der Waals surface area contributed by atoms with Gasteiger partial charge in [-0.15, -0.1) is 5.10 Å². The average molecular weight is 873 g/mol. The molecule has 2 N–H and O–H groups in total. The number of hydrogen-bond acceptors (Lipinski definition) is 5. The van der Waals surface area contributed by atoms with Gasteiger partial charge in [-0.1, -0.05) is 253 Å². The molecule has 0 bridgehead atoms. The predicted octanol–water partition coefficient (Wildman–Crippen LogP) is 16.6. The van der Waals surface area contributed by atoms with Crippen molar-refractivity contribution in [1.29, 1.82) is 0 Å². The van der Waals surface area contributed by atoms with Crippen LogP contribution in [0.5, 0.6) is 5.75 Å². The largest absolute Gasteiger partial charge is 0.507 e. The van der Waals surface area contributed by atoms with Gasteiger partial charge in [0.25, 0.3) is 0 Å². The van der Waals surface area contributed by atoms with E-state index in [1.165, 1.54) is 167 Å². The lowest BCUT2D eigenvalue weighted by atomic mass is 9.79. The Morgan fingerprint density at radius 1 is 0.525 bits per heavy atom. The van der Waals surface area contributed by atoms with Crippen molar-refractivity contribution in [2.75, 3.05) is 4.31 Å². The van der Waals surface area contributed by atoms with E-state index in [2.05, 4.69) is 24.2 Å². The summed E-state index contributed by atoms with van der Waals surface area (Å²) in [6.07, 6.45) is 41.7. The Hall–Kier alpha value is -2.13. The lowest BCUT2D eigenvalue weighted by Crippen LogP contribution is -2.30. The molecule has 1 heterocycles. The van der Waals surface area contributed by atoms with Gasteiger partial charge in [-0.05, 0) is 42.2 Å². The second kappa shape index (κ2) is 30.9. The molecule has 0 aliphatic carbocycles. The first-order valence-corrected chi connectivity index (χ1v) is 27.1. The van der Waals surface area contributed by atoms with Crippen molar-refractivity contribution in [1.82, 2.24) is 15.0 Å². The summed E-state index contributed by atoms with van der Waals surface area (Å²) in [5, 5.41) is 20.6. The van der Waals surface area contributed by atoms with E-state index in [1.54, 1.807) is 16.8 Å². The van der Waals surface area contributed by atoms with E-state index in [4.69, 9.17) is 0 Å². The number of aromatic nitrogens is 3. The minimum Gasteiger partial charge on any atom is -0.507 e. The molecule has 0 aliphatic heterocycles. The van der Waals surface area contributed by atoms with Crippen molar-refractivity contribution in [3.63, 3.8) is 0 Å². The lowest BCUT2D eigenvalue weighted by molar-refractivity contribution is 0.423. The van der Waals surface area contributed by atoms with Crippen molar-refractivity contribution in [2.45, 2.75) is 285 Å². The normalized spacial score (nSPS) is 12.5. The first kappa shape index (κ1) is 55.0. The van der Waals surface area contributed by atoms with Crippen molar-refractivity contribution in [3.8, 4) is 5.75 Å². The Morgan fingerprint density at radius 2 is 0.836 bits per heavy atom. The van der Waals surface area contributed by atoms with Crippen LogP contribution in [0.15, 0.2) is 12.1 Å². The molecule has 8 nitrogen and oxygen atoms in total. The van der Waals surface area contributed by atoms with Gasteiger partial charge in [-0.3, -0.25) is 4.55 Å². The van der Waals surface area contributed by atoms with Crippen LogP contribution in [0.3, 0.4) is 0 Å². The van der Waals surface area contributed by atoms with Crippen molar-refractivity contribution in [2.24, 2.45) is 0 Å². The third-order valence-corrected chi connectivity index (χ3v) is 13.5. The van der Waals surface area contributed by atoms with E-state index in [9.17, 15) is 18.1 Å². The van der Waals surface area contributed by atoms with Gasteiger partial charge >= 0.3 is 10.3 Å². The molecule has 2 aromatic rings. The van der Waals surface area contributed by atoms with Crippen LogP contribution in [0, 0.1) is 0 Å². The van der Waals surface area contributed by atoms with Crippen LogP contribution in [0.4, 0.5) is 11.5 Å². The van der Waals surface area contributed by atoms with Gasteiger partial charge < -0.3 is 5.11 Å². The van der Waals surface area contributed by atoms with Crippen molar-refractivity contribution >= 4 is 21.8 Å². The summed E-state index contributed by atoms with van der Waals surface area (Å²) >= 11 is 0. The fourth-order valence-corrected chi connectivity index (χ4v) is 9.56. The number of hydrogen-bond donors (Lipinski definition) is 2. The number of anilines is 2.